The number of carbonyl (C=O) groups excluding carboxylic acids is 2. The van der Waals surface area contributed by atoms with Crippen LogP contribution in [0.1, 0.15) is 39.2 Å². The van der Waals surface area contributed by atoms with Gasteiger partial charge in [-0.05, 0) is 84.3 Å². The maximum Gasteiger partial charge on any atom is 0.264 e. The summed E-state index contributed by atoms with van der Waals surface area (Å²) in [5, 5.41) is 2.98. The number of rotatable bonds is 12. The highest BCUT2D eigenvalue weighted by Crippen LogP contribution is 2.25. The van der Waals surface area contributed by atoms with Gasteiger partial charge >= 0.3 is 0 Å². The summed E-state index contributed by atoms with van der Waals surface area (Å²) in [7, 11) is -4.06. The van der Waals surface area contributed by atoms with Crippen molar-refractivity contribution in [3.8, 4) is 0 Å². The van der Waals surface area contributed by atoms with Gasteiger partial charge in [0.25, 0.3) is 10.0 Å². The molecule has 3 aromatic carbocycles. The molecule has 9 heteroatoms. The second-order valence-corrected chi connectivity index (χ2v) is 12.2. The Morgan fingerprint density at radius 2 is 1.45 bits per heavy atom. The summed E-state index contributed by atoms with van der Waals surface area (Å²) < 4.78 is 29.6. The van der Waals surface area contributed by atoms with Crippen LogP contribution in [0.3, 0.4) is 0 Å². The molecule has 0 heterocycles. The van der Waals surface area contributed by atoms with E-state index in [4.69, 9.17) is 0 Å². The van der Waals surface area contributed by atoms with Crippen LogP contribution in [-0.4, -0.2) is 43.8 Å². The van der Waals surface area contributed by atoms with Crippen molar-refractivity contribution in [2.75, 3.05) is 10.8 Å². The van der Waals surface area contributed by atoms with Gasteiger partial charge in [-0.2, -0.15) is 0 Å². The molecule has 0 aliphatic heterocycles. The van der Waals surface area contributed by atoms with E-state index in [1.807, 2.05) is 51.1 Å². The monoisotopic (exact) mass is 647 g/mol. The van der Waals surface area contributed by atoms with E-state index in [0.29, 0.717) is 12.1 Å². The van der Waals surface area contributed by atoms with Crippen LogP contribution in [0.2, 0.25) is 0 Å². The Hall–Kier alpha value is -2.92. The van der Waals surface area contributed by atoms with E-state index in [1.165, 1.54) is 17.0 Å². The first-order valence-electron chi connectivity index (χ1n) is 12.6. The molecule has 1 N–H and O–H groups in total. The lowest BCUT2D eigenvalue weighted by Crippen LogP contribution is -2.53. The van der Waals surface area contributed by atoms with Crippen molar-refractivity contribution in [2.24, 2.45) is 0 Å². The van der Waals surface area contributed by atoms with Gasteiger partial charge in [0.2, 0.25) is 11.8 Å². The van der Waals surface area contributed by atoms with Gasteiger partial charge < -0.3 is 10.2 Å². The molecule has 7 nitrogen and oxygen atoms in total. The van der Waals surface area contributed by atoms with Crippen LogP contribution in [0, 0.1) is 3.57 Å². The molecular weight excluding hydrogens is 613 g/mol. The summed E-state index contributed by atoms with van der Waals surface area (Å²) >= 11 is 2.15. The van der Waals surface area contributed by atoms with Gasteiger partial charge in [-0.3, -0.25) is 13.9 Å². The standard InChI is InChI=1S/C29H34IN3O4S/c1-4-22(3)31-29(35)27(5-2)32(20-23-12-8-6-9-13-23)28(34)21-33(25-18-16-24(30)17-19-25)38(36,37)26-14-10-7-11-15-26/h6-19,22,27H,4-5,20-21H2,1-3H3,(H,31,35)/t22-,27+/m1/s1. The molecule has 0 unspecified atom stereocenters. The predicted octanol–water partition coefficient (Wildman–Crippen LogP) is 5.21. The maximum absolute atomic E-state index is 14.0. The number of hydrogen-bond acceptors (Lipinski definition) is 4. The maximum atomic E-state index is 14.0. The summed E-state index contributed by atoms with van der Waals surface area (Å²) in [4.78, 5) is 28.8. The predicted molar refractivity (Wildman–Crippen MR) is 159 cm³/mol. The van der Waals surface area contributed by atoms with Crippen LogP contribution >= 0.6 is 22.6 Å². The summed E-state index contributed by atoms with van der Waals surface area (Å²) in [6.07, 6.45) is 1.14. The minimum atomic E-state index is -4.06. The lowest BCUT2D eigenvalue weighted by Gasteiger charge is -2.33. The number of nitrogens with zero attached hydrogens (tertiary/aromatic N) is 2. The number of nitrogens with one attached hydrogen (secondary N) is 1. The second-order valence-electron chi connectivity index (χ2n) is 9.05. The van der Waals surface area contributed by atoms with E-state index in [0.717, 1.165) is 19.9 Å². The fourth-order valence-corrected chi connectivity index (χ4v) is 5.79. The molecular formula is C29H34IN3O4S. The molecule has 0 saturated carbocycles. The quantitative estimate of drug-likeness (QED) is 0.274. The van der Waals surface area contributed by atoms with Crippen LogP contribution in [0.15, 0.2) is 89.8 Å². The van der Waals surface area contributed by atoms with Crippen molar-refractivity contribution >= 4 is 50.1 Å². The Morgan fingerprint density at radius 1 is 0.868 bits per heavy atom. The molecule has 0 aliphatic rings. The van der Waals surface area contributed by atoms with Crippen molar-refractivity contribution < 1.29 is 18.0 Å². The van der Waals surface area contributed by atoms with Gasteiger partial charge in [0.1, 0.15) is 12.6 Å². The summed E-state index contributed by atoms with van der Waals surface area (Å²) in [6.45, 7) is 5.48. The minimum Gasteiger partial charge on any atom is -0.352 e. The highest BCUT2D eigenvalue weighted by molar-refractivity contribution is 14.1. The first kappa shape index (κ1) is 29.6. The number of carbonyl (C=O) groups is 2. The van der Waals surface area contributed by atoms with Crippen molar-refractivity contribution in [1.29, 1.82) is 0 Å². The summed E-state index contributed by atoms with van der Waals surface area (Å²) in [6, 6.07) is 23.6. The fourth-order valence-electron chi connectivity index (χ4n) is 4.00. The van der Waals surface area contributed by atoms with E-state index >= 15 is 0 Å². The molecule has 0 saturated heterocycles. The first-order valence-corrected chi connectivity index (χ1v) is 15.2. The van der Waals surface area contributed by atoms with Crippen LogP contribution < -0.4 is 9.62 Å². The first-order chi connectivity index (χ1) is 18.2. The summed E-state index contributed by atoms with van der Waals surface area (Å²) in [5.74, 6) is -0.712. The average molecular weight is 648 g/mol. The molecule has 3 aromatic rings. The minimum absolute atomic E-state index is 0.0491. The molecule has 0 bridgehead atoms. The number of benzene rings is 3. The summed E-state index contributed by atoms with van der Waals surface area (Å²) in [5.41, 5.74) is 1.22. The van der Waals surface area contributed by atoms with Gasteiger partial charge in [-0.1, -0.05) is 62.4 Å². The topological polar surface area (TPSA) is 86.8 Å². The van der Waals surface area contributed by atoms with Crippen molar-refractivity contribution in [2.45, 2.75) is 57.1 Å². The molecule has 2 atom stereocenters. The Balaban J connectivity index is 2.02. The highest BCUT2D eigenvalue weighted by Gasteiger charge is 2.33. The van der Waals surface area contributed by atoms with E-state index in [1.54, 1.807) is 42.5 Å². The zero-order valence-corrected chi connectivity index (χ0v) is 24.9. The number of anilines is 1. The Bertz CT molecular complexity index is 1300. The van der Waals surface area contributed by atoms with Gasteiger partial charge in [-0.15, -0.1) is 0 Å². The molecule has 0 fully saturated rings. The van der Waals surface area contributed by atoms with Crippen LogP contribution in [0.5, 0.6) is 0 Å². The lowest BCUT2D eigenvalue weighted by atomic mass is 10.1. The molecule has 2 amide bonds. The van der Waals surface area contributed by atoms with Gasteiger partial charge in [0.15, 0.2) is 0 Å². The zero-order valence-electron chi connectivity index (χ0n) is 21.9. The lowest BCUT2D eigenvalue weighted by molar-refractivity contribution is -0.140. The number of halogens is 1. The molecule has 0 radical (unpaired) electrons. The van der Waals surface area contributed by atoms with Crippen molar-refractivity contribution in [1.82, 2.24) is 10.2 Å². The van der Waals surface area contributed by atoms with Gasteiger partial charge in [-0.25, -0.2) is 8.42 Å². The van der Waals surface area contributed by atoms with Crippen molar-refractivity contribution in [3.63, 3.8) is 0 Å². The van der Waals surface area contributed by atoms with Crippen LogP contribution in [0.25, 0.3) is 0 Å². The Kier molecular flexibility index (Phi) is 10.7. The van der Waals surface area contributed by atoms with Crippen LogP contribution in [-0.2, 0) is 26.2 Å². The van der Waals surface area contributed by atoms with Gasteiger partial charge in [0.05, 0.1) is 10.6 Å². The van der Waals surface area contributed by atoms with Gasteiger partial charge in [0, 0.05) is 16.2 Å². The molecule has 38 heavy (non-hydrogen) atoms. The highest BCUT2D eigenvalue weighted by atomic mass is 127. The van der Waals surface area contributed by atoms with Crippen molar-refractivity contribution in [3.05, 3.63) is 94.1 Å². The van der Waals surface area contributed by atoms with E-state index in [-0.39, 0.29) is 23.4 Å². The number of hydrogen-bond donors (Lipinski definition) is 1. The molecule has 3 rings (SSSR count). The SMILES string of the molecule is CC[C@@H](C)NC(=O)[C@H](CC)N(Cc1ccccc1)C(=O)CN(c1ccc(I)cc1)S(=O)(=O)c1ccccc1. The van der Waals surface area contributed by atoms with E-state index in [2.05, 4.69) is 27.9 Å². The van der Waals surface area contributed by atoms with E-state index in [9.17, 15) is 18.0 Å². The smallest absolute Gasteiger partial charge is 0.264 e. The average Bonchev–Trinajstić information content (AvgIpc) is 2.93. The number of sulfonamides is 1. The third-order valence-electron chi connectivity index (χ3n) is 6.31. The number of amides is 2. The zero-order chi connectivity index (χ0) is 27.7. The fraction of sp³-hybridized carbons (Fsp3) is 0.310. The largest absolute Gasteiger partial charge is 0.352 e. The normalized spacial score (nSPS) is 12.8. The molecule has 0 aromatic heterocycles. The Labute approximate surface area is 239 Å². The third kappa shape index (κ3) is 7.57. The Morgan fingerprint density at radius 3 is 2.00 bits per heavy atom. The second kappa shape index (κ2) is 13.7. The van der Waals surface area contributed by atoms with Crippen LogP contribution in [0.4, 0.5) is 5.69 Å². The molecule has 0 spiro atoms. The molecule has 202 valence electrons. The van der Waals surface area contributed by atoms with E-state index < -0.39 is 28.5 Å². The molecule has 0 aliphatic carbocycles. The third-order valence-corrected chi connectivity index (χ3v) is 8.81.